The van der Waals surface area contributed by atoms with E-state index < -0.39 is 0 Å². The van der Waals surface area contributed by atoms with Crippen LogP contribution in [0.4, 0.5) is 5.82 Å². The summed E-state index contributed by atoms with van der Waals surface area (Å²) >= 11 is 0. The lowest BCUT2D eigenvalue weighted by atomic mass is 10.0. The van der Waals surface area contributed by atoms with E-state index >= 15 is 0 Å². The number of rotatable bonds is 3. The molecule has 6 rings (SSSR count). The number of fused-ring (bicyclic) bond motifs is 3. The topological polar surface area (TPSA) is 87.1 Å². The number of nitrogens with zero attached hydrogens (tertiary/aromatic N) is 7. The minimum Gasteiger partial charge on any atom is -0.351 e. The summed E-state index contributed by atoms with van der Waals surface area (Å²) in [6.45, 7) is 2.04. The first-order valence-electron chi connectivity index (χ1n) is 10.1. The van der Waals surface area contributed by atoms with Crippen molar-refractivity contribution in [1.82, 2.24) is 29.7 Å². The Kier molecular flexibility index (Phi) is 3.67. The Morgan fingerprint density at radius 1 is 1.10 bits per heavy atom. The fourth-order valence-electron chi connectivity index (χ4n) is 4.71. The molecule has 2 atom stereocenters. The lowest BCUT2D eigenvalue weighted by Crippen LogP contribution is -2.43. The Morgan fingerprint density at radius 3 is 2.70 bits per heavy atom. The second-order valence-corrected chi connectivity index (χ2v) is 8.06. The van der Waals surface area contributed by atoms with Crippen LogP contribution in [0.2, 0.25) is 0 Å². The van der Waals surface area contributed by atoms with Gasteiger partial charge in [0, 0.05) is 73.1 Å². The molecule has 1 N–H and O–H groups in total. The second kappa shape index (κ2) is 6.40. The average molecular weight is 396 g/mol. The minimum atomic E-state index is 0.536. The SMILES string of the molecule is Cn1cc(-c2cc(-c3ccc(N4C[C@@H]5C[C@H]4CN5)nc3)c3c(C#N)cnn3c2)cn1. The normalized spacial score (nSPS) is 20.2. The third-order valence-corrected chi connectivity index (χ3v) is 6.18. The van der Waals surface area contributed by atoms with Crippen molar-refractivity contribution in [2.24, 2.45) is 7.05 Å². The van der Waals surface area contributed by atoms with Crippen molar-refractivity contribution in [2.45, 2.75) is 18.5 Å². The highest BCUT2D eigenvalue weighted by atomic mass is 15.3. The highest BCUT2D eigenvalue weighted by Gasteiger charge is 2.38. The summed E-state index contributed by atoms with van der Waals surface area (Å²) in [5, 5.41) is 21.8. The first-order chi connectivity index (χ1) is 14.7. The molecule has 8 nitrogen and oxygen atoms in total. The molecule has 2 fully saturated rings. The van der Waals surface area contributed by atoms with Gasteiger partial charge in [0.05, 0.1) is 23.5 Å². The Morgan fingerprint density at radius 2 is 2.03 bits per heavy atom. The number of hydrogen-bond acceptors (Lipinski definition) is 6. The predicted octanol–water partition coefficient (Wildman–Crippen LogP) is 2.22. The molecule has 2 saturated heterocycles. The van der Waals surface area contributed by atoms with Gasteiger partial charge in [0.1, 0.15) is 11.9 Å². The predicted molar refractivity (Wildman–Crippen MR) is 113 cm³/mol. The number of anilines is 1. The summed E-state index contributed by atoms with van der Waals surface area (Å²) in [7, 11) is 1.90. The van der Waals surface area contributed by atoms with E-state index in [0.717, 1.165) is 46.7 Å². The second-order valence-electron chi connectivity index (χ2n) is 8.06. The van der Waals surface area contributed by atoms with Crippen LogP contribution in [-0.2, 0) is 7.05 Å². The number of hydrogen-bond donors (Lipinski definition) is 1. The summed E-state index contributed by atoms with van der Waals surface area (Å²) in [4.78, 5) is 7.17. The maximum Gasteiger partial charge on any atom is 0.128 e. The Hall–Kier alpha value is -3.70. The van der Waals surface area contributed by atoms with Gasteiger partial charge in [0.15, 0.2) is 0 Å². The highest BCUT2D eigenvalue weighted by Crippen LogP contribution is 2.33. The van der Waals surface area contributed by atoms with Crippen molar-refractivity contribution >= 4 is 11.3 Å². The number of nitriles is 1. The van der Waals surface area contributed by atoms with E-state index in [1.54, 1.807) is 15.4 Å². The smallest absolute Gasteiger partial charge is 0.128 e. The van der Waals surface area contributed by atoms with Crippen molar-refractivity contribution in [3.05, 3.63) is 54.7 Å². The number of pyridine rings is 2. The van der Waals surface area contributed by atoms with Crippen LogP contribution >= 0.6 is 0 Å². The summed E-state index contributed by atoms with van der Waals surface area (Å²) in [5.74, 6) is 1.01. The van der Waals surface area contributed by atoms with Crippen molar-refractivity contribution < 1.29 is 0 Å². The number of aryl methyl sites for hydroxylation is 1. The van der Waals surface area contributed by atoms with Gasteiger partial charge in [-0.2, -0.15) is 15.5 Å². The van der Waals surface area contributed by atoms with E-state index in [2.05, 4.69) is 44.7 Å². The van der Waals surface area contributed by atoms with E-state index in [-0.39, 0.29) is 0 Å². The third kappa shape index (κ3) is 2.60. The molecule has 0 amide bonds. The highest BCUT2D eigenvalue weighted by molar-refractivity contribution is 5.87. The zero-order valence-corrected chi connectivity index (χ0v) is 16.5. The van der Waals surface area contributed by atoms with Gasteiger partial charge in [-0.1, -0.05) is 0 Å². The number of piperazine rings is 1. The molecular formula is C22H20N8. The van der Waals surface area contributed by atoms with E-state index in [9.17, 15) is 5.26 Å². The molecule has 8 heteroatoms. The van der Waals surface area contributed by atoms with E-state index in [4.69, 9.17) is 4.98 Å². The average Bonchev–Trinajstić information content (AvgIpc) is 3.56. The molecular weight excluding hydrogens is 376 g/mol. The van der Waals surface area contributed by atoms with Gasteiger partial charge in [-0.15, -0.1) is 0 Å². The Labute approximate surface area is 173 Å². The summed E-state index contributed by atoms with van der Waals surface area (Å²) in [6, 6.07) is 9.65. The van der Waals surface area contributed by atoms with Gasteiger partial charge in [0.25, 0.3) is 0 Å². The van der Waals surface area contributed by atoms with Crippen LogP contribution < -0.4 is 10.2 Å². The molecule has 6 heterocycles. The molecule has 2 aliphatic rings. The molecule has 4 aromatic heterocycles. The van der Waals surface area contributed by atoms with Crippen molar-refractivity contribution in [3.63, 3.8) is 0 Å². The molecule has 0 unspecified atom stereocenters. The number of nitrogens with one attached hydrogen (secondary N) is 1. The van der Waals surface area contributed by atoms with Crippen LogP contribution in [0, 0.1) is 11.3 Å². The molecule has 30 heavy (non-hydrogen) atoms. The fourth-order valence-corrected chi connectivity index (χ4v) is 4.71. The maximum absolute atomic E-state index is 9.59. The zero-order valence-electron chi connectivity index (χ0n) is 16.5. The van der Waals surface area contributed by atoms with Gasteiger partial charge in [-0.05, 0) is 24.6 Å². The molecule has 0 radical (unpaired) electrons. The maximum atomic E-state index is 9.59. The first-order valence-corrected chi connectivity index (χ1v) is 10.1. The third-order valence-electron chi connectivity index (χ3n) is 6.18. The standard InChI is InChI=1S/C22H20N8/c1-28-11-17(9-26-28)15-4-20(22-16(6-23)8-27-30(22)12-15)14-2-3-21(25-7-14)29-13-18-5-19(29)10-24-18/h2-4,7-9,11-12,18-19,24H,5,10,13H2,1H3/t18-,19-/m0/s1. The fraction of sp³-hybridized carbons (Fsp3) is 0.273. The lowest BCUT2D eigenvalue weighted by molar-refractivity contribution is 0.576. The van der Waals surface area contributed by atoms with Crippen LogP contribution in [0.15, 0.2) is 49.2 Å². The summed E-state index contributed by atoms with van der Waals surface area (Å²) in [6.07, 6.45) is 10.5. The summed E-state index contributed by atoms with van der Waals surface area (Å²) < 4.78 is 3.55. The van der Waals surface area contributed by atoms with Gasteiger partial charge in [-0.25, -0.2) is 9.50 Å². The van der Waals surface area contributed by atoms with Crippen molar-refractivity contribution in [1.29, 1.82) is 5.26 Å². The monoisotopic (exact) mass is 396 g/mol. The lowest BCUT2D eigenvalue weighted by Gasteiger charge is -2.28. The van der Waals surface area contributed by atoms with E-state index in [1.165, 1.54) is 6.42 Å². The Bertz CT molecular complexity index is 1290. The van der Waals surface area contributed by atoms with E-state index in [1.807, 2.05) is 31.8 Å². The molecule has 148 valence electrons. The van der Waals surface area contributed by atoms with Crippen LogP contribution in [0.1, 0.15) is 12.0 Å². The van der Waals surface area contributed by atoms with Gasteiger partial charge in [0.2, 0.25) is 0 Å². The van der Waals surface area contributed by atoms with Crippen molar-refractivity contribution in [2.75, 3.05) is 18.0 Å². The zero-order chi connectivity index (χ0) is 20.2. The van der Waals surface area contributed by atoms with E-state index in [0.29, 0.717) is 17.6 Å². The van der Waals surface area contributed by atoms with Crippen LogP contribution in [0.5, 0.6) is 0 Å². The minimum absolute atomic E-state index is 0.536. The molecule has 4 aromatic rings. The molecule has 0 aliphatic carbocycles. The molecule has 2 bridgehead atoms. The molecule has 2 aliphatic heterocycles. The largest absolute Gasteiger partial charge is 0.351 e. The van der Waals surface area contributed by atoms with Gasteiger partial charge >= 0.3 is 0 Å². The molecule has 0 aromatic carbocycles. The first kappa shape index (κ1) is 17.2. The number of aromatic nitrogens is 5. The van der Waals surface area contributed by atoms with Crippen LogP contribution in [-0.4, -0.2) is 49.6 Å². The van der Waals surface area contributed by atoms with Crippen LogP contribution in [0.3, 0.4) is 0 Å². The molecule has 0 spiro atoms. The quantitative estimate of drug-likeness (QED) is 0.571. The van der Waals surface area contributed by atoms with Crippen LogP contribution in [0.25, 0.3) is 27.8 Å². The summed E-state index contributed by atoms with van der Waals surface area (Å²) in [5.41, 5.74) is 5.24. The Balaban J connectivity index is 1.46. The van der Waals surface area contributed by atoms with Crippen molar-refractivity contribution in [3.8, 4) is 28.3 Å². The van der Waals surface area contributed by atoms with Gasteiger partial charge in [-0.3, -0.25) is 4.68 Å². The molecule has 0 saturated carbocycles. The van der Waals surface area contributed by atoms with Gasteiger partial charge < -0.3 is 10.2 Å².